The van der Waals surface area contributed by atoms with E-state index in [0.717, 1.165) is 25.1 Å². The lowest BCUT2D eigenvalue weighted by molar-refractivity contribution is -0.146. The predicted molar refractivity (Wildman–Crippen MR) is 86.3 cm³/mol. The second-order valence-corrected chi connectivity index (χ2v) is 6.67. The van der Waals surface area contributed by atoms with Crippen LogP contribution in [0.1, 0.15) is 44.9 Å². The number of carbonyl (C=O) groups excluding carboxylic acids is 2. The van der Waals surface area contributed by atoms with Crippen LogP contribution in [-0.2, 0) is 14.3 Å². The van der Waals surface area contributed by atoms with E-state index in [1.165, 1.54) is 23.5 Å². The number of esters is 1. The van der Waals surface area contributed by atoms with Crippen molar-refractivity contribution < 1.29 is 14.3 Å². The zero-order valence-corrected chi connectivity index (χ0v) is 14.4. The van der Waals surface area contributed by atoms with Crippen molar-refractivity contribution >= 4 is 23.6 Å². The molecule has 0 aliphatic heterocycles. The van der Waals surface area contributed by atoms with E-state index in [9.17, 15) is 9.59 Å². The molecule has 9 heteroatoms. The maximum Gasteiger partial charge on any atom is 0.328 e. The Balaban J connectivity index is 1.89. The first-order chi connectivity index (χ1) is 11.0. The molecule has 0 radical (unpaired) electrons. The molecule has 0 spiro atoms. The van der Waals surface area contributed by atoms with E-state index in [1.54, 1.807) is 0 Å². The lowest BCUT2D eigenvalue weighted by Crippen LogP contribution is -2.46. The topological polar surface area (TPSA) is 112 Å². The lowest BCUT2D eigenvalue weighted by Gasteiger charge is -2.21. The van der Waals surface area contributed by atoms with E-state index in [2.05, 4.69) is 15.5 Å². The SMILES string of the molecule is CC[C@@H](C)[C@H](NC(=O)CSc1nnc(C2CC2)n1N)C(=O)OC. The standard InChI is InChI=1S/C14H23N5O3S/c1-4-8(2)11(13(21)22-3)16-10(20)7-23-14-18-17-12(19(14)15)9-5-6-9/h8-9,11H,4-7,15H2,1-3H3,(H,16,20)/t8-,11+/m1/s1. The van der Waals surface area contributed by atoms with Crippen LogP contribution in [0.3, 0.4) is 0 Å². The summed E-state index contributed by atoms with van der Waals surface area (Å²) in [7, 11) is 1.31. The Morgan fingerprint density at radius 1 is 1.48 bits per heavy atom. The molecule has 1 aliphatic rings. The largest absolute Gasteiger partial charge is 0.467 e. The van der Waals surface area contributed by atoms with Gasteiger partial charge in [-0.1, -0.05) is 32.0 Å². The summed E-state index contributed by atoms with van der Waals surface area (Å²) in [5.74, 6) is 6.51. The molecular weight excluding hydrogens is 318 g/mol. The fourth-order valence-corrected chi connectivity index (χ4v) is 2.82. The summed E-state index contributed by atoms with van der Waals surface area (Å²) in [6, 6.07) is -0.643. The second kappa shape index (κ2) is 7.67. The summed E-state index contributed by atoms with van der Waals surface area (Å²) in [4.78, 5) is 23.9. The third-order valence-corrected chi connectivity index (χ3v) is 4.89. The van der Waals surface area contributed by atoms with Gasteiger partial charge in [-0.05, 0) is 18.8 Å². The van der Waals surface area contributed by atoms with Crippen LogP contribution in [0.4, 0.5) is 0 Å². The fraction of sp³-hybridized carbons (Fsp3) is 0.714. The normalized spacial score (nSPS) is 16.7. The molecule has 1 aromatic rings. The van der Waals surface area contributed by atoms with Gasteiger partial charge in [0.05, 0.1) is 12.9 Å². The summed E-state index contributed by atoms with van der Waals surface area (Å²) in [5, 5.41) is 11.3. The Hall–Kier alpha value is -1.77. The molecule has 8 nitrogen and oxygen atoms in total. The number of ether oxygens (including phenoxy) is 1. The van der Waals surface area contributed by atoms with E-state index in [4.69, 9.17) is 10.6 Å². The first-order valence-electron chi connectivity index (χ1n) is 7.68. The van der Waals surface area contributed by atoms with Crippen LogP contribution in [0.5, 0.6) is 0 Å². The number of rotatable bonds is 8. The molecule has 2 atom stereocenters. The number of thioether (sulfide) groups is 1. The molecule has 0 unspecified atom stereocenters. The molecule has 1 aromatic heterocycles. The predicted octanol–water partition coefficient (Wildman–Crippen LogP) is 0.665. The van der Waals surface area contributed by atoms with Gasteiger partial charge in [-0.25, -0.2) is 9.47 Å². The molecule has 1 amide bonds. The number of nitrogens with two attached hydrogens (primary N) is 1. The molecule has 3 N–H and O–H groups in total. The van der Waals surface area contributed by atoms with Crippen molar-refractivity contribution in [2.45, 2.75) is 50.2 Å². The third-order valence-electron chi connectivity index (χ3n) is 3.95. The highest BCUT2D eigenvalue weighted by molar-refractivity contribution is 7.99. The fourth-order valence-electron chi connectivity index (χ4n) is 2.15. The molecule has 1 heterocycles. The number of methoxy groups -OCH3 is 1. The minimum absolute atomic E-state index is 0.00368. The van der Waals surface area contributed by atoms with Gasteiger partial charge in [0.25, 0.3) is 0 Å². The quantitative estimate of drug-likeness (QED) is 0.406. The molecule has 2 rings (SSSR count). The van der Waals surface area contributed by atoms with E-state index < -0.39 is 12.0 Å². The van der Waals surface area contributed by atoms with Gasteiger partial charge in [-0.3, -0.25) is 4.79 Å². The maximum atomic E-state index is 12.1. The molecule has 23 heavy (non-hydrogen) atoms. The Bertz CT molecular complexity index is 573. The van der Waals surface area contributed by atoms with Crippen LogP contribution < -0.4 is 11.2 Å². The van der Waals surface area contributed by atoms with Crippen LogP contribution in [-0.4, -0.2) is 45.7 Å². The van der Waals surface area contributed by atoms with Crippen molar-refractivity contribution in [1.29, 1.82) is 0 Å². The monoisotopic (exact) mass is 341 g/mol. The maximum absolute atomic E-state index is 12.1. The number of nitrogens with zero attached hydrogens (tertiary/aromatic N) is 3. The Morgan fingerprint density at radius 3 is 2.74 bits per heavy atom. The number of hydrogen-bond acceptors (Lipinski definition) is 7. The number of nitrogen functional groups attached to an aromatic ring is 1. The highest BCUT2D eigenvalue weighted by Crippen LogP contribution is 2.39. The molecule has 1 aliphatic carbocycles. The van der Waals surface area contributed by atoms with Gasteiger partial charge >= 0.3 is 5.97 Å². The molecule has 0 saturated heterocycles. The number of amides is 1. The average Bonchev–Trinajstić information content (AvgIpc) is 3.33. The van der Waals surface area contributed by atoms with Crippen molar-refractivity contribution in [3.8, 4) is 0 Å². The molecule has 128 valence electrons. The summed E-state index contributed by atoms with van der Waals surface area (Å²) in [6.07, 6.45) is 2.92. The van der Waals surface area contributed by atoms with Crippen molar-refractivity contribution in [3.05, 3.63) is 5.82 Å². The van der Waals surface area contributed by atoms with Gasteiger partial charge in [0.15, 0.2) is 5.82 Å². The van der Waals surface area contributed by atoms with Crippen LogP contribution in [0.15, 0.2) is 5.16 Å². The number of carbonyl (C=O) groups is 2. The zero-order chi connectivity index (χ0) is 17.0. The lowest BCUT2D eigenvalue weighted by atomic mass is 9.99. The van der Waals surface area contributed by atoms with Gasteiger partial charge in [0.1, 0.15) is 6.04 Å². The van der Waals surface area contributed by atoms with Gasteiger partial charge in [-0.2, -0.15) is 0 Å². The van der Waals surface area contributed by atoms with Crippen molar-refractivity contribution in [2.24, 2.45) is 5.92 Å². The molecule has 1 fully saturated rings. The van der Waals surface area contributed by atoms with Gasteiger partial charge in [0.2, 0.25) is 11.1 Å². The Kier molecular flexibility index (Phi) is 5.86. The summed E-state index contributed by atoms with van der Waals surface area (Å²) < 4.78 is 6.19. The van der Waals surface area contributed by atoms with E-state index in [1.807, 2.05) is 13.8 Å². The first kappa shape index (κ1) is 17.6. The minimum atomic E-state index is -0.643. The first-order valence-corrected chi connectivity index (χ1v) is 8.66. The van der Waals surface area contributed by atoms with E-state index >= 15 is 0 Å². The Labute approximate surface area is 139 Å². The number of nitrogens with one attached hydrogen (secondary N) is 1. The second-order valence-electron chi connectivity index (χ2n) is 5.73. The summed E-state index contributed by atoms with van der Waals surface area (Å²) in [5.41, 5.74) is 0. The van der Waals surface area contributed by atoms with Crippen molar-refractivity contribution in [2.75, 3.05) is 18.7 Å². The molecule has 1 saturated carbocycles. The minimum Gasteiger partial charge on any atom is -0.467 e. The summed E-state index contributed by atoms with van der Waals surface area (Å²) >= 11 is 1.20. The van der Waals surface area contributed by atoms with Gasteiger partial charge in [-0.15, -0.1) is 10.2 Å². The smallest absolute Gasteiger partial charge is 0.328 e. The van der Waals surface area contributed by atoms with Crippen molar-refractivity contribution in [1.82, 2.24) is 20.2 Å². The molecule has 0 aromatic carbocycles. The van der Waals surface area contributed by atoms with Crippen LogP contribution in [0.2, 0.25) is 0 Å². The Morgan fingerprint density at radius 2 is 2.17 bits per heavy atom. The van der Waals surface area contributed by atoms with E-state index in [0.29, 0.717) is 11.1 Å². The van der Waals surface area contributed by atoms with Crippen LogP contribution >= 0.6 is 11.8 Å². The van der Waals surface area contributed by atoms with Gasteiger partial charge in [0, 0.05) is 5.92 Å². The van der Waals surface area contributed by atoms with Crippen LogP contribution in [0, 0.1) is 5.92 Å². The van der Waals surface area contributed by atoms with Crippen molar-refractivity contribution in [3.63, 3.8) is 0 Å². The highest BCUT2D eigenvalue weighted by Gasteiger charge is 2.30. The van der Waals surface area contributed by atoms with E-state index in [-0.39, 0.29) is 17.6 Å². The zero-order valence-electron chi connectivity index (χ0n) is 13.6. The third kappa shape index (κ3) is 4.37. The molecular formula is C14H23N5O3S. The van der Waals surface area contributed by atoms with Gasteiger partial charge < -0.3 is 15.9 Å². The highest BCUT2D eigenvalue weighted by atomic mass is 32.2. The number of aromatic nitrogens is 3. The average molecular weight is 341 g/mol. The van der Waals surface area contributed by atoms with Crippen LogP contribution in [0.25, 0.3) is 0 Å². The number of hydrogen-bond donors (Lipinski definition) is 2. The summed E-state index contributed by atoms with van der Waals surface area (Å²) in [6.45, 7) is 3.85. The molecule has 0 bridgehead atoms.